The molecule has 2 aromatic rings. The van der Waals surface area contributed by atoms with Gasteiger partial charge < -0.3 is 21.5 Å². The zero-order valence-electron chi connectivity index (χ0n) is 15.4. The summed E-state index contributed by atoms with van der Waals surface area (Å²) in [4.78, 5) is 33.4. The second-order valence-electron chi connectivity index (χ2n) is 6.97. The Morgan fingerprint density at radius 3 is 2.55 bits per heavy atom. The van der Waals surface area contributed by atoms with Crippen LogP contribution < -0.4 is 26.4 Å². The van der Waals surface area contributed by atoms with Gasteiger partial charge in [-0.05, 0) is 31.5 Å². The van der Waals surface area contributed by atoms with Gasteiger partial charge in [0.1, 0.15) is 17.3 Å². The van der Waals surface area contributed by atoms with Crippen molar-refractivity contribution in [3.8, 4) is 16.9 Å². The fourth-order valence-corrected chi connectivity index (χ4v) is 2.92. The van der Waals surface area contributed by atoms with Crippen molar-refractivity contribution in [3.05, 3.63) is 30.0 Å². The van der Waals surface area contributed by atoms with Gasteiger partial charge in [-0.2, -0.15) is 4.98 Å². The van der Waals surface area contributed by atoms with Crippen molar-refractivity contribution >= 4 is 23.7 Å². The SMILES string of the molecule is CC1(C)CN(c2nc(N)c(-c3cccc(OC(F)(F)F)c3)c(C(N)=O)n2)C(=O)N1. The Kier molecular flexibility index (Phi) is 4.73. The number of benzene rings is 1. The lowest BCUT2D eigenvalue weighted by atomic mass is 10.0. The Balaban J connectivity index is 2.08. The highest BCUT2D eigenvalue weighted by Crippen LogP contribution is 2.33. The van der Waals surface area contributed by atoms with E-state index in [1.165, 1.54) is 17.0 Å². The van der Waals surface area contributed by atoms with E-state index in [9.17, 15) is 22.8 Å². The molecule has 29 heavy (non-hydrogen) atoms. The van der Waals surface area contributed by atoms with Gasteiger partial charge in [0, 0.05) is 0 Å². The monoisotopic (exact) mass is 410 g/mol. The zero-order chi connectivity index (χ0) is 21.6. The smallest absolute Gasteiger partial charge is 0.406 e. The number of carbonyl (C=O) groups is 2. The average Bonchev–Trinajstić information content (AvgIpc) is 2.85. The number of halogens is 3. The van der Waals surface area contributed by atoms with Crippen LogP contribution in [0.5, 0.6) is 5.75 Å². The minimum atomic E-state index is -4.90. The summed E-state index contributed by atoms with van der Waals surface area (Å²) in [7, 11) is 0. The molecular formula is C17H17F3N6O3. The number of nitrogen functional groups attached to an aromatic ring is 1. The van der Waals surface area contributed by atoms with E-state index in [-0.39, 0.29) is 35.1 Å². The molecule has 1 aliphatic heterocycles. The van der Waals surface area contributed by atoms with Gasteiger partial charge in [0.25, 0.3) is 5.91 Å². The third-order valence-corrected chi connectivity index (χ3v) is 4.00. The lowest BCUT2D eigenvalue weighted by Gasteiger charge is -2.18. The number of amides is 3. The number of primary amides is 1. The number of carbonyl (C=O) groups excluding carboxylic acids is 2. The third kappa shape index (κ3) is 4.31. The van der Waals surface area contributed by atoms with Crippen molar-refractivity contribution in [3.63, 3.8) is 0 Å². The van der Waals surface area contributed by atoms with Crippen LogP contribution in [0.2, 0.25) is 0 Å². The zero-order valence-corrected chi connectivity index (χ0v) is 15.4. The Morgan fingerprint density at radius 2 is 2.00 bits per heavy atom. The van der Waals surface area contributed by atoms with Gasteiger partial charge in [0.15, 0.2) is 0 Å². The number of aromatic nitrogens is 2. The molecule has 12 heteroatoms. The fraction of sp³-hybridized carbons (Fsp3) is 0.294. The van der Waals surface area contributed by atoms with Crippen LogP contribution in [0.1, 0.15) is 24.3 Å². The summed E-state index contributed by atoms with van der Waals surface area (Å²) >= 11 is 0. The summed E-state index contributed by atoms with van der Waals surface area (Å²) in [6, 6.07) is 4.31. The molecule has 0 atom stereocenters. The number of nitrogens with zero attached hydrogens (tertiary/aromatic N) is 3. The van der Waals surface area contributed by atoms with E-state index in [2.05, 4.69) is 20.0 Å². The van der Waals surface area contributed by atoms with E-state index in [0.717, 1.165) is 12.1 Å². The van der Waals surface area contributed by atoms with Gasteiger partial charge in [-0.25, -0.2) is 9.78 Å². The molecule has 0 radical (unpaired) electrons. The summed E-state index contributed by atoms with van der Waals surface area (Å²) in [5.74, 6) is -1.89. The van der Waals surface area contributed by atoms with E-state index < -0.39 is 29.6 Å². The quantitative estimate of drug-likeness (QED) is 0.706. The van der Waals surface area contributed by atoms with Crippen molar-refractivity contribution < 1.29 is 27.5 Å². The molecule has 2 heterocycles. The summed E-state index contributed by atoms with van der Waals surface area (Å²) in [5, 5.41) is 2.71. The summed E-state index contributed by atoms with van der Waals surface area (Å²) in [6.45, 7) is 3.77. The molecule has 1 aromatic heterocycles. The number of anilines is 2. The number of hydrogen-bond acceptors (Lipinski definition) is 6. The molecule has 3 rings (SSSR count). The van der Waals surface area contributed by atoms with Gasteiger partial charge in [0.2, 0.25) is 5.95 Å². The second kappa shape index (κ2) is 6.79. The standard InChI is InChI=1S/C17H17F3N6O3/c1-16(2)7-26(15(28)25-16)14-23-11(13(22)27)10(12(21)24-14)8-4-3-5-9(6-8)29-17(18,19)20/h3-6H,7H2,1-2H3,(H2,22,27)(H,25,28)(H2,21,23,24). The largest absolute Gasteiger partial charge is 0.573 e. The van der Waals surface area contributed by atoms with Crippen LogP contribution in [0.15, 0.2) is 24.3 Å². The molecule has 1 saturated heterocycles. The second-order valence-corrected chi connectivity index (χ2v) is 6.97. The third-order valence-electron chi connectivity index (χ3n) is 4.00. The van der Waals surface area contributed by atoms with Crippen LogP contribution in [0.25, 0.3) is 11.1 Å². The fourth-order valence-electron chi connectivity index (χ4n) is 2.92. The summed E-state index contributed by atoms with van der Waals surface area (Å²) in [5.41, 5.74) is 10.5. The number of urea groups is 1. The maximum absolute atomic E-state index is 12.5. The minimum absolute atomic E-state index is 0.0623. The first-order chi connectivity index (χ1) is 13.4. The average molecular weight is 410 g/mol. The van der Waals surface area contributed by atoms with Gasteiger partial charge in [-0.15, -0.1) is 13.2 Å². The normalized spacial score (nSPS) is 15.9. The summed E-state index contributed by atoms with van der Waals surface area (Å²) < 4.78 is 41.4. The Morgan fingerprint density at radius 1 is 1.31 bits per heavy atom. The first-order valence-electron chi connectivity index (χ1n) is 8.29. The van der Waals surface area contributed by atoms with E-state index >= 15 is 0 Å². The van der Waals surface area contributed by atoms with Gasteiger partial charge >= 0.3 is 12.4 Å². The molecule has 0 bridgehead atoms. The first-order valence-corrected chi connectivity index (χ1v) is 8.29. The van der Waals surface area contributed by atoms with Crippen molar-refractivity contribution in [2.75, 3.05) is 17.2 Å². The minimum Gasteiger partial charge on any atom is -0.406 e. The molecule has 0 spiro atoms. The summed E-state index contributed by atoms with van der Waals surface area (Å²) in [6.07, 6.45) is -4.90. The molecule has 3 amide bonds. The van der Waals surface area contributed by atoms with E-state index in [1.54, 1.807) is 13.8 Å². The molecule has 0 saturated carbocycles. The maximum atomic E-state index is 12.5. The topological polar surface area (TPSA) is 136 Å². The molecule has 0 unspecified atom stereocenters. The number of nitrogens with one attached hydrogen (secondary N) is 1. The number of ether oxygens (including phenoxy) is 1. The Bertz CT molecular complexity index is 993. The lowest BCUT2D eigenvalue weighted by molar-refractivity contribution is -0.274. The van der Waals surface area contributed by atoms with Gasteiger partial charge in [0.05, 0.1) is 17.6 Å². The highest BCUT2D eigenvalue weighted by atomic mass is 19.4. The van der Waals surface area contributed by atoms with Crippen LogP contribution in [-0.2, 0) is 0 Å². The molecule has 0 aliphatic carbocycles. The Hall–Kier alpha value is -3.57. The van der Waals surface area contributed by atoms with E-state index in [0.29, 0.717) is 0 Å². The maximum Gasteiger partial charge on any atom is 0.573 e. The lowest BCUT2D eigenvalue weighted by Crippen LogP contribution is -2.36. The molecule has 1 aliphatic rings. The van der Waals surface area contributed by atoms with Gasteiger partial charge in [-0.1, -0.05) is 12.1 Å². The molecule has 1 fully saturated rings. The first kappa shape index (κ1) is 20.2. The predicted molar refractivity (Wildman–Crippen MR) is 97.0 cm³/mol. The molecule has 1 aromatic carbocycles. The van der Waals surface area contributed by atoms with Crippen molar-refractivity contribution in [1.82, 2.24) is 15.3 Å². The Labute approximate surface area is 162 Å². The number of nitrogens with two attached hydrogens (primary N) is 2. The van der Waals surface area contributed by atoms with Crippen LogP contribution in [0.4, 0.5) is 29.7 Å². The van der Waals surface area contributed by atoms with Crippen LogP contribution in [0, 0.1) is 0 Å². The predicted octanol–water partition coefficient (Wildman–Crippen LogP) is 2.03. The van der Waals surface area contributed by atoms with Gasteiger partial charge in [-0.3, -0.25) is 9.69 Å². The van der Waals surface area contributed by atoms with E-state index in [4.69, 9.17) is 11.5 Å². The van der Waals surface area contributed by atoms with Crippen LogP contribution >= 0.6 is 0 Å². The highest BCUT2D eigenvalue weighted by Gasteiger charge is 2.38. The molecule has 9 nitrogen and oxygen atoms in total. The number of alkyl halides is 3. The van der Waals surface area contributed by atoms with Crippen molar-refractivity contribution in [2.45, 2.75) is 25.7 Å². The highest BCUT2D eigenvalue weighted by molar-refractivity contribution is 6.02. The van der Waals surface area contributed by atoms with Crippen molar-refractivity contribution in [1.29, 1.82) is 0 Å². The molecule has 5 N–H and O–H groups in total. The van der Waals surface area contributed by atoms with E-state index in [1.807, 2.05) is 0 Å². The molecule has 154 valence electrons. The number of rotatable bonds is 4. The number of hydrogen-bond donors (Lipinski definition) is 3. The molecular weight excluding hydrogens is 393 g/mol. The van der Waals surface area contributed by atoms with Crippen LogP contribution in [-0.4, -0.2) is 40.4 Å². The van der Waals surface area contributed by atoms with Crippen LogP contribution in [0.3, 0.4) is 0 Å². The van der Waals surface area contributed by atoms with Crippen molar-refractivity contribution in [2.24, 2.45) is 5.73 Å².